The molecule has 2 rings (SSSR count). The molecule has 0 atom stereocenters. The fourth-order valence-electron chi connectivity index (χ4n) is 0.929. The van der Waals surface area contributed by atoms with Crippen molar-refractivity contribution >= 4 is 11.6 Å². The molecule has 0 fully saturated rings. The lowest BCUT2D eigenvalue weighted by atomic mass is 10.5. The van der Waals surface area contributed by atoms with Crippen molar-refractivity contribution in [1.82, 2.24) is 14.6 Å². The van der Waals surface area contributed by atoms with E-state index in [1.54, 1.807) is 0 Å². The van der Waals surface area contributed by atoms with Crippen LogP contribution in [0, 0.1) is 5.82 Å². The van der Waals surface area contributed by atoms with Crippen LogP contribution >= 0.6 is 0 Å². The summed E-state index contributed by atoms with van der Waals surface area (Å²) in [5.41, 5.74) is 8.53. The van der Waals surface area contributed by atoms with Crippen molar-refractivity contribution in [3.8, 4) is 0 Å². The van der Waals surface area contributed by atoms with Crippen LogP contribution in [0.15, 0.2) is 23.4 Å². The van der Waals surface area contributed by atoms with Gasteiger partial charge in [-0.05, 0) is 22.8 Å². The maximum atomic E-state index is 12.6. The number of hydrogen-bond donors (Lipinski definition) is 0. The van der Waals surface area contributed by atoms with Crippen molar-refractivity contribution in [3.05, 3.63) is 34.6 Å². The summed E-state index contributed by atoms with van der Waals surface area (Å²) in [4.78, 5) is 6.32. The number of hydrogen-bond acceptors (Lipinski definition) is 3. The fourth-order valence-corrected chi connectivity index (χ4v) is 0.929. The minimum Gasteiger partial charge on any atom is -0.218 e. The lowest BCUT2D eigenvalue weighted by molar-refractivity contribution is 0.615. The highest BCUT2D eigenvalue weighted by Gasteiger charge is 2.00. The molecule has 0 saturated carbocycles. The highest BCUT2D eigenvalue weighted by molar-refractivity contribution is 5.40. The van der Waals surface area contributed by atoms with Gasteiger partial charge in [-0.15, -0.1) is 5.10 Å². The van der Waals surface area contributed by atoms with Gasteiger partial charge < -0.3 is 0 Å². The van der Waals surface area contributed by atoms with Gasteiger partial charge in [-0.25, -0.2) is 13.9 Å². The molecule has 0 aliphatic carbocycles. The summed E-state index contributed by atoms with van der Waals surface area (Å²) >= 11 is 0. The average Bonchev–Trinajstić information content (AvgIpc) is 2.46. The van der Waals surface area contributed by atoms with Crippen LogP contribution in [0.2, 0.25) is 0 Å². The minimum atomic E-state index is -0.426. The monoisotopic (exact) mass is 178 g/mol. The highest BCUT2D eigenvalue weighted by Crippen LogP contribution is 2.08. The third-order valence-corrected chi connectivity index (χ3v) is 1.42. The molecule has 0 radical (unpaired) electrons. The Bertz CT molecular complexity index is 497. The molecule has 0 saturated heterocycles. The average molecular weight is 178 g/mol. The smallest absolute Gasteiger partial charge is 0.218 e. The number of rotatable bonds is 1. The second-order valence-electron chi connectivity index (χ2n) is 2.25. The van der Waals surface area contributed by atoms with Gasteiger partial charge in [-0.1, -0.05) is 0 Å². The molecule has 0 N–H and O–H groups in total. The van der Waals surface area contributed by atoms with Crippen molar-refractivity contribution in [2.45, 2.75) is 0 Å². The van der Waals surface area contributed by atoms with Crippen LogP contribution < -0.4 is 0 Å². The van der Waals surface area contributed by atoms with Crippen molar-refractivity contribution in [2.24, 2.45) is 5.11 Å². The molecule has 2 aromatic heterocycles. The highest BCUT2D eigenvalue weighted by atomic mass is 19.1. The van der Waals surface area contributed by atoms with Gasteiger partial charge in [0.05, 0.1) is 6.20 Å². The Hall–Kier alpha value is -2.14. The van der Waals surface area contributed by atoms with Crippen molar-refractivity contribution < 1.29 is 4.39 Å². The molecule has 13 heavy (non-hydrogen) atoms. The van der Waals surface area contributed by atoms with E-state index in [0.29, 0.717) is 5.65 Å². The number of nitrogens with zero attached hydrogens (tertiary/aromatic N) is 6. The van der Waals surface area contributed by atoms with Crippen LogP contribution in [0.25, 0.3) is 16.1 Å². The summed E-state index contributed by atoms with van der Waals surface area (Å²) in [6.07, 6.45) is 1.15. The Labute approximate surface area is 71.3 Å². The minimum absolute atomic E-state index is 0.0203. The van der Waals surface area contributed by atoms with Gasteiger partial charge in [0.1, 0.15) is 5.82 Å². The third kappa shape index (κ3) is 1.27. The predicted octanol–water partition coefficient (Wildman–Crippen LogP) is 1.81. The summed E-state index contributed by atoms with van der Waals surface area (Å²) in [5, 5.41) is 6.90. The molecule has 7 heteroatoms. The van der Waals surface area contributed by atoms with Crippen LogP contribution in [0.1, 0.15) is 0 Å². The Kier molecular flexibility index (Phi) is 1.57. The van der Waals surface area contributed by atoms with E-state index < -0.39 is 5.82 Å². The number of aromatic nitrogens is 3. The van der Waals surface area contributed by atoms with Crippen LogP contribution in [0.4, 0.5) is 10.3 Å². The van der Waals surface area contributed by atoms with Crippen molar-refractivity contribution in [1.29, 1.82) is 0 Å². The molecular weight excluding hydrogens is 175 g/mol. The Morgan fingerprint density at radius 1 is 1.54 bits per heavy atom. The predicted molar refractivity (Wildman–Crippen MR) is 41.8 cm³/mol. The van der Waals surface area contributed by atoms with Crippen LogP contribution in [0.5, 0.6) is 0 Å². The molecule has 0 aliphatic heterocycles. The third-order valence-electron chi connectivity index (χ3n) is 1.42. The maximum absolute atomic E-state index is 12.6. The lowest BCUT2D eigenvalue weighted by Crippen LogP contribution is -1.87. The second kappa shape index (κ2) is 2.72. The molecule has 0 bridgehead atoms. The largest absolute Gasteiger partial charge is 0.238 e. The topological polar surface area (TPSA) is 79.0 Å². The van der Waals surface area contributed by atoms with E-state index in [1.807, 2.05) is 0 Å². The van der Waals surface area contributed by atoms with E-state index >= 15 is 0 Å². The zero-order chi connectivity index (χ0) is 9.26. The summed E-state index contributed by atoms with van der Waals surface area (Å²) in [5.74, 6) is -0.446. The first kappa shape index (κ1) is 7.51. The van der Waals surface area contributed by atoms with Gasteiger partial charge in [0, 0.05) is 4.91 Å². The van der Waals surface area contributed by atoms with E-state index in [1.165, 1.54) is 16.6 Å². The standard InChI is InChI=1S/C6H3FN6/c7-4-1-2-5-9-6(10-12-8)11-13(5)3-4/h1-3H. The van der Waals surface area contributed by atoms with Crippen LogP contribution in [-0.2, 0) is 0 Å². The molecule has 0 aliphatic rings. The van der Waals surface area contributed by atoms with Crippen LogP contribution in [-0.4, -0.2) is 14.6 Å². The summed E-state index contributed by atoms with van der Waals surface area (Å²) in [6.45, 7) is 0. The van der Waals surface area contributed by atoms with Crippen molar-refractivity contribution in [3.63, 3.8) is 0 Å². The molecule has 0 spiro atoms. The molecule has 2 heterocycles. The Morgan fingerprint density at radius 2 is 2.38 bits per heavy atom. The number of pyridine rings is 1. The lowest BCUT2D eigenvalue weighted by Gasteiger charge is -1.88. The van der Waals surface area contributed by atoms with E-state index in [9.17, 15) is 4.39 Å². The van der Waals surface area contributed by atoms with Gasteiger partial charge in [-0.2, -0.15) is 0 Å². The zero-order valence-corrected chi connectivity index (χ0v) is 6.29. The Balaban J connectivity index is 2.68. The maximum Gasteiger partial charge on any atom is 0.238 e. The second-order valence-corrected chi connectivity index (χ2v) is 2.25. The zero-order valence-electron chi connectivity index (χ0n) is 6.29. The molecule has 0 unspecified atom stereocenters. The molecule has 64 valence electrons. The summed E-state index contributed by atoms with van der Waals surface area (Å²) < 4.78 is 13.8. The normalized spacial score (nSPS) is 9.92. The Morgan fingerprint density at radius 3 is 3.15 bits per heavy atom. The van der Waals surface area contributed by atoms with Gasteiger partial charge in [-0.3, -0.25) is 0 Å². The molecule has 6 nitrogen and oxygen atoms in total. The first-order valence-corrected chi connectivity index (χ1v) is 3.36. The SMILES string of the molecule is [N-]=[N+]=Nc1nc2ccc(F)cn2n1. The summed E-state index contributed by atoms with van der Waals surface area (Å²) in [7, 11) is 0. The first-order chi connectivity index (χ1) is 6.29. The number of fused-ring (bicyclic) bond motifs is 1. The van der Waals surface area contributed by atoms with E-state index in [2.05, 4.69) is 20.1 Å². The number of azide groups is 1. The molecule has 0 aromatic carbocycles. The van der Waals surface area contributed by atoms with Gasteiger partial charge >= 0.3 is 0 Å². The fraction of sp³-hybridized carbons (Fsp3) is 0. The molecule has 2 aromatic rings. The van der Waals surface area contributed by atoms with Crippen molar-refractivity contribution in [2.75, 3.05) is 0 Å². The quantitative estimate of drug-likeness (QED) is 0.379. The molecule has 0 amide bonds. The van der Waals surface area contributed by atoms with E-state index in [4.69, 9.17) is 5.53 Å². The van der Waals surface area contributed by atoms with E-state index in [0.717, 1.165) is 6.20 Å². The van der Waals surface area contributed by atoms with Gasteiger partial charge in [0.15, 0.2) is 5.65 Å². The first-order valence-electron chi connectivity index (χ1n) is 3.36. The van der Waals surface area contributed by atoms with Crippen LogP contribution in [0.3, 0.4) is 0 Å². The van der Waals surface area contributed by atoms with Gasteiger partial charge in [0.25, 0.3) is 0 Å². The number of halogens is 1. The van der Waals surface area contributed by atoms with E-state index in [-0.39, 0.29) is 5.95 Å². The van der Waals surface area contributed by atoms with Gasteiger partial charge in [0.2, 0.25) is 5.95 Å². The molecular formula is C6H3FN6. The summed E-state index contributed by atoms with van der Waals surface area (Å²) in [6, 6.07) is 2.70.